The largest absolute Gasteiger partial charge is 0.508 e. The fraction of sp³-hybridized carbons (Fsp3) is 0.240. The third kappa shape index (κ3) is 3.71. The molecule has 0 amide bonds. The minimum atomic E-state index is -0.339. The SMILES string of the molecule is COc1ccc([C@@H]2N=C(c3ccc4c(c3)OCO4)C[C@@H](c3ccccc3O)N2)cc1OC. The molecule has 7 heteroatoms. The van der Waals surface area contributed by atoms with Gasteiger partial charge >= 0.3 is 0 Å². The molecule has 0 spiro atoms. The molecule has 2 aliphatic rings. The van der Waals surface area contributed by atoms with Gasteiger partial charge < -0.3 is 24.1 Å². The van der Waals surface area contributed by atoms with Crippen LogP contribution in [0, 0.1) is 0 Å². The van der Waals surface area contributed by atoms with Crippen molar-refractivity contribution in [1.29, 1.82) is 0 Å². The summed E-state index contributed by atoms with van der Waals surface area (Å²) in [6.07, 6.45) is 0.273. The summed E-state index contributed by atoms with van der Waals surface area (Å²) in [7, 11) is 3.22. The van der Waals surface area contributed by atoms with Crippen LogP contribution < -0.4 is 24.3 Å². The monoisotopic (exact) mass is 432 g/mol. The molecule has 0 radical (unpaired) electrons. The summed E-state index contributed by atoms with van der Waals surface area (Å²) in [5.74, 6) is 2.99. The van der Waals surface area contributed by atoms with E-state index in [1.807, 2.05) is 54.6 Å². The van der Waals surface area contributed by atoms with E-state index in [1.54, 1.807) is 20.3 Å². The topological polar surface area (TPSA) is 81.5 Å². The third-order valence-corrected chi connectivity index (χ3v) is 5.78. The minimum absolute atomic E-state index is 0.132. The Morgan fingerprint density at radius 3 is 2.56 bits per heavy atom. The number of phenolic OH excluding ortho intramolecular Hbond substituents is 1. The lowest BCUT2D eigenvalue weighted by Gasteiger charge is -2.31. The molecule has 32 heavy (non-hydrogen) atoms. The molecule has 0 saturated heterocycles. The lowest BCUT2D eigenvalue weighted by molar-refractivity contribution is 0.174. The van der Waals surface area contributed by atoms with Crippen molar-refractivity contribution in [2.45, 2.75) is 18.6 Å². The van der Waals surface area contributed by atoms with Crippen molar-refractivity contribution < 1.29 is 24.1 Å². The lowest BCUT2D eigenvalue weighted by Crippen LogP contribution is -2.33. The molecule has 2 heterocycles. The number of rotatable bonds is 5. The van der Waals surface area contributed by atoms with Gasteiger partial charge in [0.1, 0.15) is 11.9 Å². The molecule has 3 aromatic rings. The molecule has 3 aromatic carbocycles. The molecule has 7 nitrogen and oxygen atoms in total. The van der Waals surface area contributed by atoms with Crippen molar-refractivity contribution in [3.05, 3.63) is 77.4 Å². The number of phenols is 1. The summed E-state index contributed by atoms with van der Waals surface area (Å²) >= 11 is 0. The number of fused-ring (bicyclic) bond motifs is 1. The lowest BCUT2D eigenvalue weighted by atomic mass is 9.93. The van der Waals surface area contributed by atoms with Gasteiger partial charge in [-0.15, -0.1) is 0 Å². The van der Waals surface area contributed by atoms with Gasteiger partial charge in [-0.05, 0) is 47.5 Å². The number of nitrogens with zero attached hydrogens (tertiary/aromatic N) is 1. The number of aromatic hydroxyl groups is 1. The van der Waals surface area contributed by atoms with E-state index in [1.165, 1.54) is 0 Å². The second kappa shape index (κ2) is 8.43. The molecule has 2 aliphatic heterocycles. The van der Waals surface area contributed by atoms with Crippen LogP contribution in [0.2, 0.25) is 0 Å². The molecule has 5 rings (SSSR count). The third-order valence-electron chi connectivity index (χ3n) is 5.78. The zero-order valence-corrected chi connectivity index (χ0v) is 17.9. The molecular weight excluding hydrogens is 408 g/mol. The molecule has 2 atom stereocenters. The van der Waals surface area contributed by atoms with Crippen molar-refractivity contribution in [3.63, 3.8) is 0 Å². The van der Waals surface area contributed by atoms with Crippen LogP contribution >= 0.6 is 0 Å². The van der Waals surface area contributed by atoms with E-state index in [9.17, 15) is 5.11 Å². The van der Waals surface area contributed by atoms with Gasteiger partial charge in [0.25, 0.3) is 0 Å². The Bertz CT molecular complexity index is 1180. The summed E-state index contributed by atoms with van der Waals surface area (Å²) in [6, 6.07) is 18.9. The van der Waals surface area contributed by atoms with E-state index in [0.29, 0.717) is 23.7 Å². The van der Waals surface area contributed by atoms with Gasteiger partial charge in [-0.25, -0.2) is 0 Å². The first-order chi connectivity index (χ1) is 15.7. The Morgan fingerprint density at radius 1 is 0.938 bits per heavy atom. The van der Waals surface area contributed by atoms with E-state index in [0.717, 1.165) is 28.2 Å². The van der Waals surface area contributed by atoms with Crippen LogP contribution in [0.15, 0.2) is 65.7 Å². The highest BCUT2D eigenvalue weighted by molar-refractivity contribution is 6.02. The first-order valence-electron chi connectivity index (χ1n) is 10.4. The number of methoxy groups -OCH3 is 2. The molecule has 0 unspecified atom stereocenters. The quantitative estimate of drug-likeness (QED) is 0.624. The molecule has 2 N–H and O–H groups in total. The van der Waals surface area contributed by atoms with Crippen LogP contribution in [0.5, 0.6) is 28.7 Å². The maximum atomic E-state index is 10.5. The van der Waals surface area contributed by atoms with E-state index in [-0.39, 0.29) is 24.8 Å². The number of para-hydroxylation sites is 1. The highest BCUT2D eigenvalue weighted by Crippen LogP contribution is 2.38. The van der Waals surface area contributed by atoms with Crippen molar-refractivity contribution in [3.8, 4) is 28.7 Å². The molecule has 0 saturated carbocycles. The number of hydrogen-bond acceptors (Lipinski definition) is 7. The van der Waals surface area contributed by atoms with Crippen molar-refractivity contribution in [1.82, 2.24) is 5.32 Å². The Labute approximate surface area is 186 Å². The molecule has 0 bridgehead atoms. The second-order valence-electron chi connectivity index (χ2n) is 7.64. The Kier molecular flexibility index (Phi) is 5.33. The van der Waals surface area contributed by atoms with Gasteiger partial charge in [0.2, 0.25) is 6.79 Å². The van der Waals surface area contributed by atoms with Crippen LogP contribution in [0.25, 0.3) is 0 Å². The summed E-state index contributed by atoms with van der Waals surface area (Å²) < 4.78 is 21.9. The van der Waals surface area contributed by atoms with E-state index >= 15 is 0 Å². The van der Waals surface area contributed by atoms with Crippen LogP contribution in [0.3, 0.4) is 0 Å². The van der Waals surface area contributed by atoms with Crippen LogP contribution in [0.1, 0.15) is 35.3 Å². The number of aliphatic imine (C=N–C) groups is 1. The number of hydrogen-bond donors (Lipinski definition) is 2. The zero-order chi connectivity index (χ0) is 22.1. The molecular formula is C25H24N2O5. The van der Waals surface area contributed by atoms with Gasteiger partial charge in [-0.2, -0.15) is 0 Å². The number of nitrogens with one attached hydrogen (secondary N) is 1. The highest BCUT2D eigenvalue weighted by Gasteiger charge is 2.29. The maximum absolute atomic E-state index is 10.5. The number of benzene rings is 3. The Morgan fingerprint density at radius 2 is 1.75 bits per heavy atom. The fourth-order valence-electron chi connectivity index (χ4n) is 4.13. The van der Waals surface area contributed by atoms with Crippen molar-refractivity contribution >= 4 is 5.71 Å². The number of ether oxygens (including phenoxy) is 4. The van der Waals surface area contributed by atoms with Gasteiger partial charge in [-0.1, -0.05) is 24.3 Å². The second-order valence-corrected chi connectivity index (χ2v) is 7.64. The summed E-state index contributed by atoms with van der Waals surface area (Å²) in [5.41, 5.74) is 3.63. The fourth-order valence-corrected chi connectivity index (χ4v) is 4.13. The molecule has 0 aromatic heterocycles. The van der Waals surface area contributed by atoms with Gasteiger partial charge in [0, 0.05) is 23.7 Å². The van der Waals surface area contributed by atoms with E-state index in [2.05, 4.69) is 5.32 Å². The van der Waals surface area contributed by atoms with Crippen molar-refractivity contribution in [2.24, 2.45) is 4.99 Å². The summed E-state index contributed by atoms with van der Waals surface area (Å²) in [6.45, 7) is 0.224. The first-order valence-corrected chi connectivity index (χ1v) is 10.4. The Hall–Kier alpha value is -3.71. The minimum Gasteiger partial charge on any atom is -0.508 e. The molecule has 0 fully saturated rings. The van der Waals surface area contributed by atoms with E-state index in [4.69, 9.17) is 23.9 Å². The van der Waals surface area contributed by atoms with Crippen LogP contribution in [-0.4, -0.2) is 31.8 Å². The first kappa shape index (κ1) is 20.2. The normalized spacial score (nSPS) is 19.4. The summed E-state index contributed by atoms with van der Waals surface area (Å²) in [5, 5.41) is 14.1. The maximum Gasteiger partial charge on any atom is 0.231 e. The average molecular weight is 432 g/mol. The average Bonchev–Trinajstić information content (AvgIpc) is 3.31. The van der Waals surface area contributed by atoms with Gasteiger partial charge in [-0.3, -0.25) is 10.3 Å². The highest BCUT2D eigenvalue weighted by atomic mass is 16.7. The molecule has 164 valence electrons. The summed E-state index contributed by atoms with van der Waals surface area (Å²) in [4.78, 5) is 5.02. The molecule has 0 aliphatic carbocycles. The predicted molar refractivity (Wildman–Crippen MR) is 120 cm³/mol. The van der Waals surface area contributed by atoms with Crippen LogP contribution in [0.4, 0.5) is 0 Å². The predicted octanol–water partition coefficient (Wildman–Crippen LogP) is 4.36. The van der Waals surface area contributed by atoms with Gasteiger partial charge in [0.15, 0.2) is 23.0 Å². The standard InChI is InChI=1S/C25H24N2O5/c1-29-21-9-8-16(12-23(21)30-2)25-26-18(15-7-10-22-24(11-15)32-14-31-22)13-19(27-25)17-5-3-4-6-20(17)28/h3-12,19,25,27-28H,13-14H2,1-2H3/t19-,25+/m0/s1. The smallest absolute Gasteiger partial charge is 0.231 e. The van der Waals surface area contributed by atoms with E-state index < -0.39 is 0 Å². The van der Waals surface area contributed by atoms with Crippen LogP contribution in [-0.2, 0) is 0 Å². The van der Waals surface area contributed by atoms with Crippen molar-refractivity contribution in [2.75, 3.05) is 21.0 Å². The van der Waals surface area contributed by atoms with Gasteiger partial charge in [0.05, 0.1) is 14.2 Å². The zero-order valence-electron chi connectivity index (χ0n) is 17.9. The Balaban J connectivity index is 1.57.